The summed E-state index contributed by atoms with van der Waals surface area (Å²) >= 11 is 0. The zero-order chi connectivity index (χ0) is 18.1. The summed E-state index contributed by atoms with van der Waals surface area (Å²) in [6.07, 6.45) is 1.94. The van der Waals surface area contributed by atoms with Crippen molar-refractivity contribution in [3.8, 4) is 11.3 Å². The maximum atomic E-state index is 12.3. The lowest BCUT2D eigenvalue weighted by Gasteiger charge is -2.09. The second kappa shape index (κ2) is 6.59. The molecule has 26 heavy (non-hydrogen) atoms. The van der Waals surface area contributed by atoms with E-state index in [0.29, 0.717) is 6.54 Å². The third-order valence-corrected chi connectivity index (χ3v) is 4.41. The number of aromatic nitrogens is 4. The van der Waals surface area contributed by atoms with Crippen LogP contribution in [0.3, 0.4) is 0 Å². The zero-order valence-corrected chi connectivity index (χ0v) is 14.8. The van der Waals surface area contributed by atoms with Gasteiger partial charge in [-0.1, -0.05) is 50.2 Å². The quantitative estimate of drug-likeness (QED) is 0.567. The van der Waals surface area contributed by atoms with Gasteiger partial charge in [-0.3, -0.25) is 4.79 Å². The van der Waals surface area contributed by atoms with Crippen LogP contribution in [0, 0.1) is 0 Å². The summed E-state index contributed by atoms with van der Waals surface area (Å²) in [5, 5.41) is 9.37. The number of nitrogens with zero attached hydrogens (tertiary/aromatic N) is 4. The molecule has 0 aliphatic heterocycles. The van der Waals surface area contributed by atoms with Gasteiger partial charge in [0.05, 0.1) is 29.0 Å². The molecule has 4 rings (SSSR count). The SMILES string of the molecule is CC(C)c1nn2ccccc2c1-c1ccc(=O)n(Cc2ccccc2)n1. The lowest BCUT2D eigenvalue weighted by atomic mass is 10.0. The highest BCUT2D eigenvalue weighted by molar-refractivity contribution is 5.80. The summed E-state index contributed by atoms with van der Waals surface area (Å²) in [7, 11) is 0. The van der Waals surface area contributed by atoms with E-state index in [2.05, 4.69) is 18.9 Å². The molecule has 0 bridgehead atoms. The molecular formula is C21H20N4O. The Kier molecular flexibility index (Phi) is 4.13. The molecule has 0 unspecified atom stereocenters. The Hall–Kier alpha value is -3.21. The van der Waals surface area contributed by atoms with Gasteiger partial charge in [-0.15, -0.1) is 0 Å². The van der Waals surface area contributed by atoms with E-state index in [4.69, 9.17) is 5.10 Å². The number of rotatable bonds is 4. The fourth-order valence-corrected chi connectivity index (χ4v) is 3.14. The number of benzene rings is 1. The fraction of sp³-hybridized carbons (Fsp3) is 0.190. The second-order valence-electron chi connectivity index (χ2n) is 6.65. The highest BCUT2D eigenvalue weighted by Gasteiger charge is 2.18. The molecule has 0 atom stereocenters. The lowest BCUT2D eigenvalue weighted by Crippen LogP contribution is -2.22. The molecule has 0 N–H and O–H groups in total. The van der Waals surface area contributed by atoms with Gasteiger partial charge in [0.1, 0.15) is 0 Å². The summed E-state index contributed by atoms with van der Waals surface area (Å²) in [6.45, 7) is 4.68. The van der Waals surface area contributed by atoms with E-state index in [-0.39, 0.29) is 11.5 Å². The van der Waals surface area contributed by atoms with Crippen molar-refractivity contribution in [3.63, 3.8) is 0 Å². The molecule has 0 aliphatic carbocycles. The summed E-state index contributed by atoms with van der Waals surface area (Å²) in [5.74, 6) is 0.251. The fourth-order valence-electron chi connectivity index (χ4n) is 3.14. The first-order chi connectivity index (χ1) is 12.6. The number of fused-ring (bicyclic) bond motifs is 1. The van der Waals surface area contributed by atoms with Gasteiger partial charge in [0.2, 0.25) is 0 Å². The molecule has 0 fully saturated rings. The van der Waals surface area contributed by atoms with Crippen LogP contribution in [0.4, 0.5) is 0 Å². The Bertz CT molecular complexity index is 1110. The minimum absolute atomic E-state index is 0.111. The van der Waals surface area contributed by atoms with Crippen molar-refractivity contribution in [2.24, 2.45) is 0 Å². The van der Waals surface area contributed by atoms with Crippen molar-refractivity contribution in [1.29, 1.82) is 0 Å². The molecule has 5 heteroatoms. The van der Waals surface area contributed by atoms with E-state index >= 15 is 0 Å². The van der Waals surface area contributed by atoms with Gasteiger partial charge in [-0.05, 0) is 29.7 Å². The van der Waals surface area contributed by atoms with Crippen molar-refractivity contribution < 1.29 is 0 Å². The van der Waals surface area contributed by atoms with E-state index in [9.17, 15) is 4.79 Å². The Morgan fingerprint density at radius 3 is 2.46 bits per heavy atom. The molecule has 130 valence electrons. The van der Waals surface area contributed by atoms with Crippen LogP contribution in [0.25, 0.3) is 16.8 Å². The van der Waals surface area contributed by atoms with Crippen LogP contribution in [-0.4, -0.2) is 19.4 Å². The van der Waals surface area contributed by atoms with Crippen molar-refractivity contribution in [2.75, 3.05) is 0 Å². The summed E-state index contributed by atoms with van der Waals surface area (Å²) in [4.78, 5) is 12.3. The Balaban J connectivity index is 1.87. The van der Waals surface area contributed by atoms with Gasteiger partial charge in [0.15, 0.2) is 0 Å². The maximum Gasteiger partial charge on any atom is 0.267 e. The topological polar surface area (TPSA) is 52.2 Å². The van der Waals surface area contributed by atoms with Crippen LogP contribution >= 0.6 is 0 Å². The summed E-state index contributed by atoms with van der Waals surface area (Å²) < 4.78 is 3.39. The molecule has 0 amide bonds. The molecule has 4 aromatic rings. The lowest BCUT2D eigenvalue weighted by molar-refractivity contribution is 0.642. The largest absolute Gasteiger partial charge is 0.268 e. The van der Waals surface area contributed by atoms with Crippen LogP contribution in [0.2, 0.25) is 0 Å². The van der Waals surface area contributed by atoms with Gasteiger partial charge in [-0.2, -0.15) is 10.2 Å². The molecule has 3 heterocycles. The van der Waals surface area contributed by atoms with E-state index in [1.54, 1.807) is 12.1 Å². The van der Waals surface area contributed by atoms with Gasteiger partial charge < -0.3 is 0 Å². The second-order valence-corrected chi connectivity index (χ2v) is 6.65. The first-order valence-corrected chi connectivity index (χ1v) is 8.73. The molecular weight excluding hydrogens is 324 g/mol. The van der Waals surface area contributed by atoms with Gasteiger partial charge in [-0.25, -0.2) is 9.20 Å². The Morgan fingerprint density at radius 1 is 0.923 bits per heavy atom. The molecule has 0 saturated carbocycles. The molecule has 1 aromatic carbocycles. The smallest absolute Gasteiger partial charge is 0.267 e. The molecule has 5 nitrogen and oxygen atoms in total. The normalized spacial score (nSPS) is 11.3. The van der Waals surface area contributed by atoms with Crippen LogP contribution in [0.15, 0.2) is 71.7 Å². The average Bonchev–Trinajstić information content (AvgIpc) is 3.04. The zero-order valence-electron chi connectivity index (χ0n) is 14.8. The Labute approximate surface area is 151 Å². The average molecular weight is 344 g/mol. The first-order valence-electron chi connectivity index (χ1n) is 8.73. The van der Waals surface area contributed by atoms with Crippen LogP contribution in [0.5, 0.6) is 0 Å². The third-order valence-electron chi connectivity index (χ3n) is 4.41. The minimum atomic E-state index is -0.111. The van der Waals surface area contributed by atoms with E-state index < -0.39 is 0 Å². The van der Waals surface area contributed by atoms with Gasteiger partial charge >= 0.3 is 0 Å². The maximum absolute atomic E-state index is 12.3. The number of pyridine rings is 1. The van der Waals surface area contributed by atoms with E-state index in [0.717, 1.165) is 28.0 Å². The predicted molar refractivity (Wildman–Crippen MR) is 102 cm³/mol. The van der Waals surface area contributed by atoms with E-state index in [1.807, 2.05) is 59.2 Å². The molecule has 3 aromatic heterocycles. The van der Waals surface area contributed by atoms with Crippen LogP contribution in [-0.2, 0) is 6.54 Å². The van der Waals surface area contributed by atoms with Crippen molar-refractivity contribution in [2.45, 2.75) is 26.3 Å². The molecule has 0 radical (unpaired) electrons. The molecule has 0 aliphatic rings. The Morgan fingerprint density at radius 2 is 1.69 bits per heavy atom. The molecule has 0 saturated heterocycles. The van der Waals surface area contributed by atoms with Crippen LogP contribution < -0.4 is 5.56 Å². The van der Waals surface area contributed by atoms with Crippen molar-refractivity contribution in [3.05, 3.63) is 88.5 Å². The third kappa shape index (κ3) is 2.92. The standard InChI is InChI=1S/C21H20N4O/c1-15(2)21-20(18-10-6-7-13-24(18)23-21)17-11-12-19(26)25(22-17)14-16-8-4-3-5-9-16/h3-13,15H,14H2,1-2H3. The van der Waals surface area contributed by atoms with Crippen molar-refractivity contribution in [1.82, 2.24) is 19.4 Å². The highest BCUT2D eigenvalue weighted by atomic mass is 16.1. The van der Waals surface area contributed by atoms with Gasteiger partial charge in [0.25, 0.3) is 5.56 Å². The first kappa shape index (κ1) is 16.3. The summed E-state index contributed by atoms with van der Waals surface area (Å²) in [5.41, 5.74) is 4.67. The monoisotopic (exact) mass is 344 g/mol. The van der Waals surface area contributed by atoms with Crippen molar-refractivity contribution >= 4 is 5.52 Å². The summed E-state index contributed by atoms with van der Waals surface area (Å²) in [6, 6.07) is 19.2. The van der Waals surface area contributed by atoms with Gasteiger partial charge in [0, 0.05) is 12.3 Å². The molecule has 0 spiro atoms. The van der Waals surface area contributed by atoms with E-state index in [1.165, 1.54) is 4.68 Å². The van der Waals surface area contributed by atoms with Crippen LogP contribution in [0.1, 0.15) is 31.0 Å². The highest BCUT2D eigenvalue weighted by Crippen LogP contribution is 2.30. The predicted octanol–water partition coefficient (Wildman–Crippen LogP) is 3.73. The number of hydrogen-bond acceptors (Lipinski definition) is 3. The minimum Gasteiger partial charge on any atom is -0.268 e. The number of hydrogen-bond donors (Lipinski definition) is 0.